The monoisotopic (exact) mass is 389 g/mol. The average molecular weight is 389 g/mol. The zero-order valence-electron chi connectivity index (χ0n) is 15.1. The van der Waals surface area contributed by atoms with Crippen molar-refractivity contribution in [1.82, 2.24) is 25.0 Å². The Morgan fingerprint density at radius 1 is 1.26 bits per heavy atom. The highest BCUT2D eigenvalue weighted by atomic mass is 32.2. The molecule has 2 aromatic heterocycles. The second-order valence-electron chi connectivity index (χ2n) is 5.99. The predicted molar refractivity (Wildman–Crippen MR) is 98.9 cm³/mol. The minimum atomic E-state index is -0.417. The molecule has 1 aromatic carbocycles. The highest BCUT2D eigenvalue weighted by molar-refractivity contribution is 7.98. The molecule has 0 unspecified atom stereocenters. The number of para-hydroxylation sites is 1. The molecule has 0 radical (unpaired) electrons. The Morgan fingerprint density at radius 3 is 2.78 bits per heavy atom. The number of benzene rings is 1. The third-order valence-electron chi connectivity index (χ3n) is 3.60. The van der Waals surface area contributed by atoms with Gasteiger partial charge < -0.3 is 9.15 Å². The Balaban J connectivity index is 1.68. The van der Waals surface area contributed by atoms with Gasteiger partial charge in [-0.25, -0.2) is 4.39 Å². The van der Waals surface area contributed by atoms with Gasteiger partial charge in [0.05, 0.1) is 5.75 Å². The van der Waals surface area contributed by atoms with E-state index < -0.39 is 5.82 Å². The largest absolute Gasteiger partial charge is 0.483 e. The summed E-state index contributed by atoms with van der Waals surface area (Å²) in [4.78, 5) is 0. The molecule has 0 bridgehead atoms. The van der Waals surface area contributed by atoms with Gasteiger partial charge in [-0.2, -0.15) is 0 Å². The Bertz CT molecular complexity index is 909. The molecule has 0 aliphatic heterocycles. The first-order chi connectivity index (χ1) is 13.1. The minimum absolute atomic E-state index is 0.0976. The SMILES string of the molecule is C=CCn1c(COc2ccccc2F)nnc1SCc1nnc(C(C)C)o1. The summed E-state index contributed by atoms with van der Waals surface area (Å²) in [7, 11) is 0. The molecule has 0 aliphatic rings. The van der Waals surface area contributed by atoms with Crippen LogP contribution in [0.15, 0.2) is 46.5 Å². The average Bonchev–Trinajstić information content (AvgIpc) is 3.27. The normalized spacial score (nSPS) is 11.1. The maximum atomic E-state index is 13.7. The van der Waals surface area contributed by atoms with Gasteiger partial charge in [0, 0.05) is 12.5 Å². The lowest BCUT2D eigenvalue weighted by molar-refractivity contribution is 0.275. The van der Waals surface area contributed by atoms with E-state index in [9.17, 15) is 4.39 Å². The predicted octanol–water partition coefficient (Wildman–Crippen LogP) is 3.98. The van der Waals surface area contributed by atoms with Gasteiger partial charge in [-0.05, 0) is 12.1 Å². The summed E-state index contributed by atoms with van der Waals surface area (Å²) in [6.45, 7) is 8.35. The van der Waals surface area contributed by atoms with Crippen molar-refractivity contribution in [1.29, 1.82) is 0 Å². The van der Waals surface area contributed by atoms with Crippen LogP contribution in [-0.2, 0) is 18.9 Å². The molecule has 142 valence electrons. The van der Waals surface area contributed by atoms with Crippen LogP contribution in [0.3, 0.4) is 0 Å². The van der Waals surface area contributed by atoms with Gasteiger partial charge in [-0.1, -0.05) is 43.8 Å². The van der Waals surface area contributed by atoms with E-state index >= 15 is 0 Å². The third kappa shape index (κ3) is 4.73. The summed E-state index contributed by atoms with van der Waals surface area (Å²) >= 11 is 1.43. The van der Waals surface area contributed by atoms with E-state index in [1.165, 1.54) is 17.8 Å². The van der Waals surface area contributed by atoms with Crippen LogP contribution in [0, 0.1) is 5.82 Å². The van der Waals surface area contributed by atoms with E-state index in [-0.39, 0.29) is 18.3 Å². The number of rotatable bonds is 9. The maximum Gasteiger partial charge on any atom is 0.226 e. The second-order valence-corrected chi connectivity index (χ2v) is 6.94. The number of halogens is 1. The lowest BCUT2D eigenvalue weighted by atomic mass is 10.2. The van der Waals surface area contributed by atoms with E-state index in [4.69, 9.17) is 9.15 Å². The molecule has 3 rings (SSSR count). The number of aromatic nitrogens is 5. The minimum Gasteiger partial charge on any atom is -0.483 e. The zero-order valence-corrected chi connectivity index (χ0v) is 15.9. The Kier molecular flexibility index (Phi) is 6.23. The van der Waals surface area contributed by atoms with Gasteiger partial charge in [-0.3, -0.25) is 4.57 Å². The van der Waals surface area contributed by atoms with Crippen molar-refractivity contribution in [2.24, 2.45) is 0 Å². The molecule has 3 aromatic rings. The number of nitrogens with zero attached hydrogens (tertiary/aromatic N) is 5. The molecule has 7 nitrogen and oxygen atoms in total. The van der Waals surface area contributed by atoms with Gasteiger partial charge in [0.15, 0.2) is 22.5 Å². The molecule has 0 spiro atoms. The van der Waals surface area contributed by atoms with Crippen molar-refractivity contribution in [3.05, 3.63) is 60.3 Å². The van der Waals surface area contributed by atoms with E-state index in [2.05, 4.69) is 27.0 Å². The Hall–Kier alpha value is -2.68. The number of thioether (sulfide) groups is 1. The second kappa shape index (κ2) is 8.81. The van der Waals surface area contributed by atoms with Crippen molar-refractivity contribution < 1.29 is 13.5 Å². The fourth-order valence-corrected chi connectivity index (χ4v) is 3.04. The van der Waals surface area contributed by atoms with Crippen LogP contribution in [0.1, 0.15) is 37.4 Å². The number of ether oxygens (including phenoxy) is 1. The van der Waals surface area contributed by atoms with Crippen molar-refractivity contribution in [3.8, 4) is 5.75 Å². The van der Waals surface area contributed by atoms with Gasteiger partial charge in [0.2, 0.25) is 11.8 Å². The fraction of sp³-hybridized carbons (Fsp3) is 0.333. The van der Waals surface area contributed by atoms with Crippen molar-refractivity contribution in [3.63, 3.8) is 0 Å². The molecule has 0 N–H and O–H groups in total. The standard InChI is InChI=1S/C18H20FN5O2S/c1-4-9-24-15(10-25-14-8-6-5-7-13(14)19)20-23-18(24)27-11-16-21-22-17(26-16)12(2)3/h4-8,12H,1,9-11H2,2-3H3. The van der Waals surface area contributed by atoms with Crippen LogP contribution in [0.4, 0.5) is 4.39 Å². The molecule has 27 heavy (non-hydrogen) atoms. The molecule has 0 atom stereocenters. The Labute approximate surface area is 160 Å². The van der Waals surface area contributed by atoms with Gasteiger partial charge in [-0.15, -0.1) is 27.0 Å². The summed E-state index contributed by atoms with van der Waals surface area (Å²) in [5.41, 5.74) is 0. The van der Waals surface area contributed by atoms with Gasteiger partial charge >= 0.3 is 0 Å². The zero-order chi connectivity index (χ0) is 19.2. The number of hydrogen-bond donors (Lipinski definition) is 0. The highest BCUT2D eigenvalue weighted by Crippen LogP contribution is 2.24. The molecule has 0 amide bonds. The fourth-order valence-electron chi connectivity index (χ4n) is 2.23. The van der Waals surface area contributed by atoms with E-state index in [1.807, 2.05) is 18.4 Å². The lowest BCUT2D eigenvalue weighted by Crippen LogP contribution is -2.08. The van der Waals surface area contributed by atoms with Crippen molar-refractivity contribution in [2.75, 3.05) is 0 Å². The lowest BCUT2D eigenvalue weighted by Gasteiger charge is -2.09. The van der Waals surface area contributed by atoms with E-state index in [0.29, 0.717) is 35.1 Å². The summed E-state index contributed by atoms with van der Waals surface area (Å²) in [5, 5.41) is 17.1. The molecule has 9 heteroatoms. The first kappa shape index (κ1) is 19.1. The number of hydrogen-bond acceptors (Lipinski definition) is 7. The van der Waals surface area contributed by atoms with Crippen LogP contribution in [0.2, 0.25) is 0 Å². The molecular weight excluding hydrogens is 369 g/mol. The van der Waals surface area contributed by atoms with Gasteiger partial charge in [0.1, 0.15) is 6.61 Å². The molecular formula is C18H20FN5O2S. The highest BCUT2D eigenvalue weighted by Gasteiger charge is 2.16. The quantitative estimate of drug-likeness (QED) is 0.404. The molecule has 2 heterocycles. The summed E-state index contributed by atoms with van der Waals surface area (Å²) in [6.07, 6.45) is 1.74. The smallest absolute Gasteiger partial charge is 0.226 e. The Morgan fingerprint density at radius 2 is 2.07 bits per heavy atom. The van der Waals surface area contributed by atoms with Crippen molar-refractivity contribution in [2.45, 2.75) is 43.8 Å². The summed E-state index contributed by atoms with van der Waals surface area (Å²) in [6, 6.07) is 6.24. The molecule has 0 aliphatic carbocycles. The van der Waals surface area contributed by atoms with Crippen LogP contribution in [-0.4, -0.2) is 25.0 Å². The van der Waals surface area contributed by atoms with E-state index in [0.717, 1.165) is 0 Å². The third-order valence-corrected chi connectivity index (χ3v) is 4.55. The molecule has 0 saturated carbocycles. The molecule has 0 fully saturated rings. The van der Waals surface area contributed by atoms with Crippen LogP contribution in [0.25, 0.3) is 0 Å². The maximum absolute atomic E-state index is 13.7. The van der Waals surface area contributed by atoms with E-state index in [1.54, 1.807) is 24.3 Å². The number of allylic oxidation sites excluding steroid dienone is 1. The first-order valence-corrected chi connectivity index (χ1v) is 9.42. The van der Waals surface area contributed by atoms with Crippen molar-refractivity contribution >= 4 is 11.8 Å². The molecule has 0 saturated heterocycles. The van der Waals surface area contributed by atoms with Crippen LogP contribution >= 0.6 is 11.8 Å². The first-order valence-electron chi connectivity index (χ1n) is 8.44. The topological polar surface area (TPSA) is 78.9 Å². The van der Waals surface area contributed by atoms with Crippen LogP contribution < -0.4 is 4.74 Å². The summed E-state index contributed by atoms with van der Waals surface area (Å²) < 4.78 is 26.7. The van der Waals surface area contributed by atoms with Gasteiger partial charge in [0.25, 0.3) is 0 Å². The summed E-state index contributed by atoms with van der Waals surface area (Å²) in [5.74, 6) is 2.13. The van der Waals surface area contributed by atoms with Crippen LogP contribution in [0.5, 0.6) is 5.75 Å².